The second kappa shape index (κ2) is 14.1. The number of carbonyl (C=O) groups is 2. The number of H-pyrrole nitrogens is 1. The maximum Gasteiger partial charge on any atom is 0.345 e. The van der Waals surface area contributed by atoms with Gasteiger partial charge in [0.15, 0.2) is 0 Å². The SMILES string of the molecule is Cc1nc(NCCCCCC(NC(=O)C2CCON2)(NS(=O)(=O)c2c(Cl)cc(-c3ccccc3)cc2Cl)C(=O)O)[nH]c1C. The van der Waals surface area contributed by atoms with Crippen LogP contribution in [-0.2, 0) is 24.4 Å². The van der Waals surface area contributed by atoms with Crippen molar-refractivity contribution in [3.8, 4) is 11.1 Å². The van der Waals surface area contributed by atoms with Crippen LogP contribution in [-0.4, -0.2) is 60.2 Å². The van der Waals surface area contributed by atoms with Gasteiger partial charge in [-0.25, -0.2) is 18.2 Å². The molecule has 1 saturated heterocycles. The summed E-state index contributed by atoms with van der Waals surface area (Å²) in [7, 11) is -4.66. The van der Waals surface area contributed by atoms with E-state index in [2.05, 4.69) is 30.8 Å². The lowest BCUT2D eigenvalue weighted by atomic mass is 10.0. The van der Waals surface area contributed by atoms with Crippen LogP contribution >= 0.6 is 23.2 Å². The molecule has 232 valence electrons. The van der Waals surface area contributed by atoms with Crippen LogP contribution in [0.1, 0.15) is 43.5 Å². The largest absolute Gasteiger partial charge is 0.478 e. The van der Waals surface area contributed by atoms with Gasteiger partial charge in [0.25, 0.3) is 0 Å². The number of amides is 1. The summed E-state index contributed by atoms with van der Waals surface area (Å²) in [6.45, 7) is 4.60. The number of aryl methyl sites for hydroxylation is 2. The van der Waals surface area contributed by atoms with Gasteiger partial charge >= 0.3 is 5.97 Å². The number of carboxylic acids is 1. The first-order valence-corrected chi connectivity index (χ1v) is 15.9. The number of carboxylic acid groups (broad SMARTS) is 1. The van der Waals surface area contributed by atoms with Crippen LogP contribution in [0.4, 0.5) is 5.95 Å². The molecule has 2 aromatic carbocycles. The molecule has 12 nitrogen and oxygen atoms in total. The average Bonchev–Trinajstić information content (AvgIpc) is 3.60. The minimum Gasteiger partial charge on any atom is -0.478 e. The van der Waals surface area contributed by atoms with E-state index in [1.165, 1.54) is 12.1 Å². The van der Waals surface area contributed by atoms with Crippen LogP contribution < -0.4 is 20.8 Å². The third-order valence-corrected chi connectivity index (χ3v) is 9.50. The van der Waals surface area contributed by atoms with E-state index >= 15 is 0 Å². The first kappa shape index (κ1) is 32.7. The standard InChI is InChI=1S/C28H34Cl2N6O6S/c1-17-18(2)33-27(32-17)31-13-8-4-7-12-28(26(38)39,34-25(37)23-11-14-42-35-23)36-43(40,41)24-21(29)15-20(16-22(24)30)19-9-5-3-6-10-19/h3,5-6,9-10,15-16,23,35-36H,4,7-8,11-14H2,1-2H3,(H,34,37)(H,38,39)(H2,31,32,33). The number of carbonyl (C=O) groups excluding carboxylic acids is 1. The second-order valence-corrected chi connectivity index (χ2v) is 12.7. The molecular weight excluding hydrogens is 619 g/mol. The van der Waals surface area contributed by atoms with E-state index in [1.807, 2.05) is 44.2 Å². The number of hydrogen-bond acceptors (Lipinski definition) is 8. The number of nitrogens with one attached hydrogen (secondary N) is 5. The number of halogens is 2. The highest BCUT2D eigenvalue weighted by Gasteiger charge is 2.46. The number of hydrogen-bond donors (Lipinski definition) is 6. The number of hydroxylamine groups is 1. The van der Waals surface area contributed by atoms with Crippen molar-refractivity contribution in [2.75, 3.05) is 18.5 Å². The van der Waals surface area contributed by atoms with Crippen LogP contribution in [0.2, 0.25) is 10.0 Å². The van der Waals surface area contributed by atoms with Gasteiger partial charge in [0.2, 0.25) is 27.5 Å². The molecule has 4 rings (SSSR count). The number of aromatic amines is 1. The summed E-state index contributed by atoms with van der Waals surface area (Å²) in [6, 6.07) is 11.1. The molecule has 0 bridgehead atoms. The molecule has 0 spiro atoms. The van der Waals surface area contributed by atoms with Crippen molar-refractivity contribution < 1.29 is 28.0 Å². The molecule has 0 aliphatic carbocycles. The lowest BCUT2D eigenvalue weighted by Gasteiger charge is -2.32. The second-order valence-electron chi connectivity index (χ2n) is 10.3. The number of sulfonamides is 1. The van der Waals surface area contributed by atoms with Gasteiger partial charge in [-0.3, -0.25) is 4.79 Å². The highest BCUT2D eigenvalue weighted by Crippen LogP contribution is 2.35. The molecule has 0 radical (unpaired) electrons. The highest BCUT2D eigenvalue weighted by atomic mass is 35.5. The Morgan fingerprint density at radius 3 is 2.37 bits per heavy atom. The zero-order valence-electron chi connectivity index (χ0n) is 23.7. The monoisotopic (exact) mass is 652 g/mol. The molecule has 3 aromatic rings. The third-order valence-electron chi connectivity index (χ3n) is 7.08. The molecule has 2 unspecified atom stereocenters. The van der Waals surface area contributed by atoms with E-state index in [4.69, 9.17) is 28.0 Å². The van der Waals surface area contributed by atoms with Crippen molar-refractivity contribution in [1.82, 2.24) is 25.5 Å². The molecule has 1 aliphatic heterocycles. The summed E-state index contributed by atoms with van der Waals surface area (Å²) >= 11 is 12.9. The van der Waals surface area contributed by atoms with E-state index in [-0.39, 0.29) is 35.9 Å². The van der Waals surface area contributed by atoms with Gasteiger partial charge in [-0.05, 0) is 62.8 Å². The van der Waals surface area contributed by atoms with Gasteiger partial charge in [-0.1, -0.05) is 60.0 Å². The number of benzene rings is 2. The minimum atomic E-state index is -4.66. The summed E-state index contributed by atoms with van der Waals surface area (Å²) < 4.78 is 29.6. The molecule has 2 atom stereocenters. The number of anilines is 1. The molecule has 43 heavy (non-hydrogen) atoms. The molecule has 15 heteroatoms. The molecule has 6 N–H and O–H groups in total. The Bertz CT molecular complexity index is 1520. The summed E-state index contributed by atoms with van der Waals surface area (Å²) in [4.78, 5) is 37.8. The van der Waals surface area contributed by atoms with E-state index in [0.717, 1.165) is 17.0 Å². The van der Waals surface area contributed by atoms with Crippen LogP contribution in [0.5, 0.6) is 0 Å². The Balaban J connectivity index is 1.54. The summed E-state index contributed by atoms with van der Waals surface area (Å²) in [5.41, 5.74) is 3.29. The Labute approximate surface area is 259 Å². The molecule has 2 heterocycles. The maximum atomic E-state index is 13.7. The summed E-state index contributed by atoms with van der Waals surface area (Å²) in [6.07, 6.45) is 1.44. The fourth-order valence-electron chi connectivity index (χ4n) is 4.64. The number of aromatic nitrogens is 2. The lowest BCUT2D eigenvalue weighted by molar-refractivity contribution is -0.149. The first-order chi connectivity index (χ1) is 20.4. The molecule has 1 fully saturated rings. The van der Waals surface area contributed by atoms with Gasteiger partial charge in [0.05, 0.1) is 22.3 Å². The highest BCUT2D eigenvalue weighted by molar-refractivity contribution is 7.89. The van der Waals surface area contributed by atoms with Crippen molar-refractivity contribution >= 4 is 51.0 Å². The topological polar surface area (TPSA) is 175 Å². The van der Waals surface area contributed by atoms with Gasteiger partial charge < -0.3 is 25.6 Å². The third kappa shape index (κ3) is 8.05. The van der Waals surface area contributed by atoms with Gasteiger partial charge in [-0.15, -0.1) is 0 Å². The predicted molar refractivity (Wildman–Crippen MR) is 163 cm³/mol. The number of nitrogens with zero attached hydrogens (tertiary/aromatic N) is 1. The zero-order chi connectivity index (χ0) is 31.2. The number of imidazole rings is 1. The summed E-state index contributed by atoms with van der Waals surface area (Å²) in [5.74, 6) is -1.69. The van der Waals surface area contributed by atoms with E-state index in [1.54, 1.807) is 0 Å². The molecule has 1 amide bonds. The number of rotatable bonds is 14. The average molecular weight is 654 g/mol. The quantitative estimate of drug-likeness (QED) is 0.110. The van der Waals surface area contributed by atoms with Gasteiger partial charge in [-0.2, -0.15) is 10.2 Å². The van der Waals surface area contributed by atoms with Gasteiger partial charge in [0, 0.05) is 12.2 Å². The van der Waals surface area contributed by atoms with E-state index < -0.39 is 38.5 Å². The fourth-order valence-corrected chi connectivity index (χ4v) is 7.17. The molecule has 1 aliphatic rings. The van der Waals surface area contributed by atoms with Crippen molar-refractivity contribution in [2.45, 2.75) is 62.6 Å². The van der Waals surface area contributed by atoms with Crippen LogP contribution in [0.3, 0.4) is 0 Å². The smallest absolute Gasteiger partial charge is 0.345 e. The number of aliphatic carboxylic acids is 1. The normalized spacial score (nSPS) is 16.5. The Morgan fingerprint density at radius 2 is 1.79 bits per heavy atom. The summed E-state index contributed by atoms with van der Waals surface area (Å²) in [5, 5.41) is 15.5. The molecule has 1 aromatic heterocycles. The Hall–Kier alpha value is -3.20. The molecular formula is C28H34Cl2N6O6S. The zero-order valence-corrected chi connectivity index (χ0v) is 26.0. The van der Waals surface area contributed by atoms with Crippen molar-refractivity contribution in [3.63, 3.8) is 0 Å². The predicted octanol–water partition coefficient (Wildman–Crippen LogP) is 4.14. The van der Waals surface area contributed by atoms with Gasteiger partial charge in [0.1, 0.15) is 10.9 Å². The Morgan fingerprint density at radius 1 is 1.09 bits per heavy atom. The van der Waals surface area contributed by atoms with Crippen molar-refractivity contribution in [1.29, 1.82) is 0 Å². The maximum absolute atomic E-state index is 13.7. The van der Waals surface area contributed by atoms with E-state index in [0.29, 0.717) is 30.9 Å². The van der Waals surface area contributed by atoms with Crippen molar-refractivity contribution in [2.24, 2.45) is 0 Å². The lowest BCUT2D eigenvalue weighted by Crippen LogP contribution is -2.67. The van der Waals surface area contributed by atoms with Crippen LogP contribution in [0.15, 0.2) is 47.4 Å². The number of unbranched alkanes of at least 4 members (excludes halogenated alkanes) is 2. The fraction of sp³-hybridized carbons (Fsp3) is 0.393. The van der Waals surface area contributed by atoms with Crippen molar-refractivity contribution in [3.05, 3.63) is 63.9 Å². The molecule has 0 saturated carbocycles. The first-order valence-electron chi connectivity index (χ1n) is 13.7. The minimum absolute atomic E-state index is 0.204. The van der Waals surface area contributed by atoms with Crippen LogP contribution in [0, 0.1) is 13.8 Å². The Kier molecular flexibility index (Phi) is 10.7. The van der Waals surface area contributed by atoms with E-state index in [9.17, 15) is 23.1 Å². The van der Waals surface area contributed by atoms with Crippen LogP contribution in [0.25, 0.3) is 11.1 Å².